The lowest BCUT2D eigenvalue weighted by molar-refractivity contribution is 0.350. The summed E-state index contributed by atoms with van der Waals surface area (Å²) < 4.78 is 6.31. The Morgan fingerprint density at radius 2 is 1.96 bits per heavy atom. The normalized spacial score (nSPS) is 26.0. The highest BCUT2D eigenvalue weighted by Gasteiger charge is 2.48. The second kappa shape index (κ2) is 5.08. The minimum absolute atomic E-state index is 0.000736. The fourth-order valence-corrected chi connectivity index (χ4v) is 4.31. The van der Waals surface area contributed by atoms with Crippen molar-refractivity contribution in [3.63, 3.8) is 0 Å². The number of allylic oxidation sites excluding steroid dienone is 1. The van der Waals surface area contributed by atoms with Crippen molar-refractivity contribution < 1.29 is 4.42 Å². The molecule has 0 N–H and O–H groups in total. The Bertz CT molecular complexity index is 1080. The van der Waals surface area contributed by atoms with Crippen LogP contribution in [0.15, 0.2) is 64.0 Å². The number of hydrogen-bond acceptors (Lipinski definition) is 4. The van der Waals surface area contributed by atoms with Gasteiger partial charge in [0.1, 0.15) is 23.8 Å². The maximum atomic E-state index is 6.31. The Hall–Kier alpha value is -2.85. The Balaban J connectivity index is 1.50. The van der Waals surface area contributed by atoms with Crippen molar-refractivity contribution in [2.75, 3.05) is 6.67 Å². The van der Waals surface area contributed by atoms with E-state index in [0.717, 1.165) is 35.8 Å². The molecule has 6 rings (SSSR count). The van der Waals surface area contributed by atoms with E-state index in [-0.39, 0.29) is 6.17 Å². The molecule has 1 aliphatic carbocycles. The van der Waals surface area contributed by atoms with Crippen LogP contribution >= 0.6 is 0 Å². The van der Waals surface area contributed by atoms with Crippen LogP contribution in [0.3, 0.4) is 0 Å². The predicted octanol–water partition coefficient (Wildman–Crippen LogP) is 4.90. The van der Waals surface area contributed by atoms with E-state index in [1.807, 2.05) is 6.07 Å². The van der Waals surface area contributed by atoms with Gasteiger partial charge >= 0.3 is 0 Å². The van der Waals surface area contributed by atoms with Gasteiger partial charge in [0.2, 0.25) is 0 Å². The number of para-hydroxylation sites is 1. The lowest BCUT2D eigenvalue weighted by Crippen LogP contribution is -2.10. The topological polar surface area (TPSA) is 31.5 Å². The fourth-order valence-electron chi connectivity index (χ4n) is 4.31. The van der Waals surface area contributed by atoms with Crippen molar-refractivity contribution in [3.05, 3.63) is 77.1 Å². The van der Waals surface area contributed by atoms with E-state index in [9.17, 15) is 0 Å². The van der Waals surface area contributed by atoms with E-state index in [0.29, 0.717) is 5.92 Å². The third kappa shape index (κ3) is 1.90. The summed E-state index contributed by atoms with van der Waals surface area (Å²) in [4.78, 5) is 5.03. The third-order valence-electron chi connectivity index (χ3n) is 5.65. The van der Waals surface area contributed by atoms with Crippen LogP contribution in [-0.4, -0.2) is 22.5 Å². The Kier molecular flexibility index (Phi) is 2.80. The fraction of sp³-hybridized carbons (Fsp3) is 0.227. The first kappa shape index (κ1) is 14.3. The van der Waals surface area contributed by atoms with Crippen LogP contribution in [0, 0.1) is 0 Å². The number of benzene rings is 2. The van der Waals surface area contributed by atoms with Gasteiger partial charge in [0, 0.05) is 22.1 Å². The van der Waals surface area contributed by atoms with Gasteiger partial charge in [-0.15, -0.1) is 0 Å². The van der Waals surface area contributed by atoms with Gasteiger partial charge in [-0.3, -0.25) is 5.01 Å². The molecule has 0 amide bonds. The second-order valence-electron chi connectivity index (χ2n) is 7.32. The Morgan fingerprint density at radius 3 is 2.85 bits per heavy atom. The molecule has 3 aromatic rings. The van der Waals surface area contributed by atoms with Crippen molar-refractivity contribution in [1.82, 2.24) is 10.0 Å². The van der Waals surface area contributed by atoms with Gasteiger partial charge in [0.05, 0.1) is 0 Å². The van der Waals surface area contributed by atoms with Crippen molar-refractivity contribution in [3.8, 4) is 0 Å². The third-order valence-corrected chi connectivity index (χ3v) is 5.65. The van der Waals surface area contributed by atoms with E-state index >= 15 is 0 Å². The molecule has 0 bridgehead atoms. The SMILES string of the molecule is CC1CC=Cc2oc3c(C4N=C(c5ccccc5)N5CN45)cccc3c21. The van der Waals surface area contributed by atoms with Crippen LogP contribution in [0.25, 0.3) is 17.0 Å². The van der Waals surface area contributed by atoms with E-state index in [1.54, 1.807) is 0 Å². The molecule has 3 atom stereocenters. The number of hydrogen-bond donors (Lipinski definition) is 0. The molecule has 3 unspecified atom stereocenters. The van der Waals surface area contributed by atoms with E-state index in [2.05, 4.69) is 71.6 Å². The van der Waals surface area contributed by atoms with Crippen molar-refractivity contribution in [2.24, 2.45) is 4.99 Å². The van der Waals surface area contributed by atoms with Gasteiger partial charge in [-0.25, -0.2) is 4.99 Å². The Labute approximate surface area is 152 Å². The maximum absolute atomic E-state index is 6.31. The number of nitrogens with zero attached hydrogens (tertiary/aromatic N) is 3. The standard InChI is InChI=1S/C22H19N3O/c1-14-7-5-12-18-19(14)16-10-6-11-17(20(16)26-18)22-23-21(24-13-25(22)24)15-8-3-2-4-9-15/h2-6,8-12,14,22H,7,13H2,1H3. The van der Waals surface area contributed by atoms with E-state index < -0.39 is 0 Å². The summed E-state index contributed by atoms with van der Waals surface area (Å²) in [6, 6.07) is 16.9. The van der Waals surface area contributed by atoms with Crippen LogP contribution in [-0.2, 0) is 0 Å². The highest BCUT2D eigenvalue weighted by molar-refractivity contribution is 6.01. The molecule has 1 fully saturated rings. The van der Waals surface area contributed by atoms with Gasteiger partial charge in [-0.1, -0.05) is 61.5 Å². The van der Waals surface area contributed by atoms with E-state index in [4.69, 9.17) is 9.41 Å². The predicted molar refractivity (Wildman–Crippen MR) is 103 cm³/mol. The highest BCUT2D eigenvalue weighted by Crippen LogP contribution is 2.45. The van der Waals surface area contributed by atoms with Gasteiger partial charge in [-0.05, 0) is 18.4 Å². The summed E-state index contributed by atoms with van der Waals surface area (Å²) in [6.45, 7) is 3.20. The maximum Gasteiger partial charge on any atom is 0.152 e. The summed E-state index contributed by atoms with van der Waals surface area (Å²) >= 11 is 0. The van der Waals surface area contributed by atoms with Gasteiger partial charge < -0.3 is 4.42 Å². The average Bonchev–Trinajstić information content (AvgIpc) is 3.21. The molecule has 4 nitrogen and oxygen atoms in total. The highest BCUT2D eigenvalue weighted by atomic mass is 16.3. The van der Waals surface area contributed by atoms with Crippen molar-refractivity contribution in [1.29, 1.82) is 0 Å². The molecule has 2 aliphatic heterocycles. The van der Waals surface area contributed by atoms with Crippen molar-refractivity contribution in [2.45, 2.75) is 25.4 Å². The first-order chi connectivity index (χ1) is 12.8. The zero-order chi connectivity index (χ0) is 17.3. The minimum Gasteiger partial charge on any atom is -0.456 e. The molecule has 3 aliphatic rings. The molecular weight excluding hydrogens is 322 g/mol. The molecular formula is C22H19N3O. The first-order valence-electron chi connectivity index (χ1n) is 9.20. The molecule has 1 saturated heterocycles. The molecule has 4 heteroatoms. The molecule has 3 heterocycles. The second-order valence-corrected chi connectivity index (χ2v) is 7.32. The van der Waals surface area contributed by atoms with Gasteiger partial charge in [-0.2, -0.15) is 5.01 Å². The molecule has 0 saturated carbocycles. The van der Waals surface area contributed by atoms with Crippen LogP contribution in [0.4, 0.5) is 0 Å². The monoisotopic (exact) mass is 341 g/mol. The van der Waals surface area contributed by atoms with Gasteiger partial charge in [0.25, 0.3) is 0 Å². The Morgan fingerprint density at radius 1 is 1.08 bits per heavy atom. The zero-order valence-electron chi connectivity index (χ0n) is 14.6. The molecule has 2 aromatic carbocycles. The summed E-state index contributed by atoms with van der Waals surface area (Å²) in [6.07, 6.45) is 5.41. The quantitative estimate of drug-likeness (QED) is 0.621. The largest absolute Gasteiger partial charge is 0.456 e. The zero-order valence-corrected chi connectivity index (χ0v) is 14.6. The molecule has 0 spiro atoms. The van der Waals surface area contributed by atoms with Crippen LogP contribution in [0.2, 0.25) is 0 Å². The van der Waals surface area contributed by atoms with Crippen LogP contribution < -0.4 is 0 Å². The molecule has 0 radical (unpaired) electrons. The molecule has 26 heavy (non-hydrogen) atoms. The van der Waals surface area contributed by atoms with E-state index in [1.165, 1.54) is 16.5 Å². The van der Waals surface area contributed by atoms with Crippen LogP contribution in [0.5, 0.6) is 0 Å². The lowest BCUT2D eigenvalue weighted by Gasteiger charge is -2.12. The average molecular weight is 341 g/mol. The summed E-state index contributed by atoms with van der Waals surface area (Å²) in [5, 5.41) is 5.77. The number of rotatable bonds is 2. The van der Waals surface area contributed by atoms with Crippen molar-refractivity contribution >= 4 is 22.9 Å². The van der Waals surface area contributed by atoms with Gasteiger partial charge in [0.15, 0.2) is 6.17 Å². The lowest BCUT2D eigenvalue weighted by atomic mass is 9.90. The molecule has 1 aromatic heterocycles. The summed E-state index contributed by atoms with van der Waals surface area (Å²) in [7, 11) is 0. The minimum atomic E-state index is 0.000736. The number of fused-ring (bicyclic) bond motifs is 4. The van der Waals surface area contributed by atoms with Crippen LogP contribution in [0.1, 0.15) is 47.9 Å². The number of hydrazine groups is 1. The smallest absolute Gasteiger partial charge is 0.152 e. The molecule has 128 valence electrons. The first-order valence-corrected chi connectivity index (χ1v) is 9.20. The summed E-state index contributed by atoms with van der Waals surface area (Å²) in [5.41, 5.74) is 4.66. The number of amidine groups is 1. The number of furan rings is 1. The number of aliphatic imine (C=N–C) groups is 1. The summed E-state index contributed by atoms with van der Waals surface area (Å²) in [5.74, 6) is 2.56.